The molecule has 1 aromatic carbocycles. The number of pyridine rings is 1. The van der Waals surface area contributed by atoms with Gasteiger partial charge in [0.25, 0.3) is 0 Å². The SMILES string of the molecule is Cc1cnc2c(c1)[nH]c(=S)n2-c1cccc(C(F)(F)F)c1. The molecule has 0 aliphatic heterocycles. The van der Waals surface area contributed by atoms with Crippen molar-refractivity contribution in [2.24, 2.45) is 0 Å². The minimum Gasteiger partial charge on any atom is -0.329 e. The van der Waals surface area contributed by atoms with Gasteiger partial charge in [0, 0.05) is 6.20 Å². The van der Waals surface area contributed by atoms with Gasteiger partial charge in [0.1, 0.15) is 0 Å². The summed E-state index contributed by atoms with van der Waals surface area (Å²) in [7, 11) is 0. The van der Waals surface area contributed by atoms with Crippen molar-refractivity contribution in [2.75, 3.05) is 0 Å². The van der Waals surface area contributed by atoms with Gasteiger partial charge in [-0.05, 0) is 49.0 Å². The zero-order chi connectivity index (χ0) is 15.2. The molecule has 0 saturated heterocycles. The van der Waals surface area contributed by atoms with E-state index in [0.29, 0.717) is 21.6 Å². The Morgan fingerprint density at radius 3 is 2.71 bits per heavy atom. The minimum absolute atomic E-state index is 0.308. The lowest BCUT2D eigenvalue weighted by molar-refractivity contribution is -0.137. The summed E-state index contributed by atoms with van der Waals surface area (Å²) in [6.45, 7) is 1.88. The first-order valence-electron chi connectivity index (χ1n) is 6.11. The first-order chi connectivity index (χ1) is 9.86. The topological polar surface area (TPSA) is 33.6 Å². The Morgan fingerprint density at radius 2 is 2.00 bits per heavy atom. The Morgan fingerprint density at radius 1 is 1.24 bits per heavy atom. The molecule has 0 amide bonds. The summed E-state index contributed by atoms with van der Waals surface area (Å²) < 4.78 is 40.3. The molecule has 3 nitrogen and oxygen atoms in total. The van der Waals surface area contributed by atoms with Gasteiger partial charge < -0.3 is 4.98 Å². The summed E-state index contributed by atoms with van der Waals surface area (Å²) in [5.41, 5.74) is 1.75. The molecular formula is C14H10F3N3S. The maximum absolute atomic E-state index is 12.8. The number of hydrogen-bond acceptors (Lipinski definition) is 2. The predicted molar refractivity (Wildman–Crippen MR) is 76.0 cm³/mol. The van der Waals surface area contributed by atoms with Crippen molar-refractivity contribution >= 4 is 23.4 Å². The van der Waals surface area contributed by atoms with Gasteiger partial charge >= 0.3 is 6.18 Å². The molecule has 0 aliphatic carbocycles. The summed E-state index contributed by atoms with van der Waals surface area (Å²) in [6.07, 6.45) is -2.75. The maximum Gasteiger partial charge on any atom is 0.416 e. The van der Waals surface area contributed by atoms with Crippen LogP contribution in [0.4, 0.5) is 13.2 Å². The molecule has 1 N–H and O–H groups in total. The van der Waals surface area contributed by atoms with Crippen molar-refractivity contribution < 1.29 is 13.2 Å². The smallest absolute Gasteiger partial charge is 0.329 e. The first-order valence-corrected chi connectivity index (χ1v) is 6.52. The van der Waals surface area contributed by atoms with E-state index in [-0.39, 0.29) is 0 Å². The Labute approximate surface area is 123 Å². The molecule has 0 saturated carbocycles. The predicted octanol–water partition coefficient (Wildman–Crippen LogP) is 4.41. The van der Waals surface area contributed by atoms with Crippen LogP contribution in [0.15, 0.2) is 36.5 Å². The van der Waals surface area contributed by atoms with Gasteiger partial charge in [0.2, 0.25) is 0 Å². The van der Waals surface area contributed by atoms with Crippen LogP contribution < -0.4 is 0 Å². The van der Waals surface area contributed by atoms with Crippen LogP contribution in [0, 0.1) is 11.7 Å². The number of nitrogens with one attached hydrogen (secondary N) is 1. The molecular weight excluding hydrogens is 299 g/mol. The fourth-order valence-electron chi connectivity index (χ4n) is 2.16. The molecule has 0 fully saturated rings. The van der Waals surface area contributed by atoms with Crippen molar-refractivity contribution in [3.63, 3.8) is 0 Å². The van der Waals surface area contributed by atoms with Gasteiger partial charge in [0.15, 0.2) is 10.4 Å². The number of imidazole rings is 1. The van der Waals surface area contributed by atoms with Crippen LogP contribution in [-0.2, 0) is 6.18 Å². The van der Waals surface area contributed by atoms with Gasteiger partial charge in [-0.2, -0.15) is 13.2 Å². The zero-order valence-electron chi connectivity index (χ0n) is 10.9. The normalized spacial score (nSPS) is 12.0. The highest BCUT2D eigenvalue weighted by atomic mass is 32.1. The van der Waals surface area contributed by atoms with Gasteiger partial charge in [-0.25, -0.2) is 4.98 Å². The molecule has 2 heterocycles. The van der Waals surface area contributed by atoms with Crippen LogP contribution in [0.2, 0.25) is 0 Å². The van der Waals surface area contributed by atoms with E-state index in [0.717, 1.165) is 17.7 Å². The highest BCUT2D eigenvalue weighted by molar-refractivity contribution is 7.71. The molecule has 3 rings (SSSR count). The number of halogens is 3. The standard InChI is InChI=1S/C14H10F3N3S/c1-8-5-11-12(18-7-8)20(13(21)19-11)10-4-2-3-9(6-10)14(15,16)17/h2-7H,1H3,(H,19,21). The second-order valence-electron chi connectivity index (χ2n) is 4.70. The van der Waals surface area contributed by atoms with E-state index in [4.69, 9.17) is 12.2 Å². The lowest BCUT2D eigenvalue weighted by Gasteiger charge is -2.09. The zero-order valence-corrected chi connectivity index (χ0v) is 11.7. The number of fused-ring (bicyclic) bond motifs is 1. The number of aryl methyl sites for hydroxylation is 1. The lowest BCUT2D eigenvalue weighted by Crippen LogP contribution is -2.06. The van der Waals surface area contributed by atoms with Gasteiger partial charge in [-0.3, -0.25) is 4.57 Å². The van der Waals surface area contributed by atoms with Crippen molar-refractivity contribution in [1.82, 2.24) is 14.5 Å². The third-order valence-corrected chi connectivity index (χ3v) is 3.38. The van der Waals surface area contributed by atoms with Gasteiger partial charge in [-0.15, -0.1) is 0 Å². The van der Waals surface area contributed by atoms with E-state index in [9.17, 15) is 13.2 Å². The average molecular weight is 309 g/mol. The number of H-pyrrole nitrogens is 1. The fraction of sp³-hybridized carbons (Fsp3) is 0.143. The van der Waals surface area contributed by atoms with E-state index in [1.807, 2.05) is 13.0 Å². The van der Waals surface area contributed by atoms with E-state index in [2.05, 4.69) is 9.97 Å². The summed E-state index contributed by atoms with van der Waals surface area (Å²) >= 11 is 5.20. The van der Waals surface area contributed by atoms with Crippen molar-refractivity contribution in [2.45, 2.75) is 13.1 Å². The number of rotatable bonds is 1. The minimum atomic E-state index is -4.39. The number of benzene rings is 1. The molecule has 21 heavy (non-hydrogen) atoms. The summed E-state index contributed by atoms with van der Waals surface area (Å²) in [6, 6.07) is 6.86. The third kappa shape index (κ3) is 2.44. The summed E-state index contributed by atoms with van der Waals surface area (Å²) in [5.74, 6) is 0. The average Bonchev–Trinajstić information content (AvgIpc) is 2.73. The van der Waals surface area contributed by atoms with Crippen LogP contribution in [0.1, 0.15) is 11.1 Å². The van der Waals surface area contributed by atoms with E-state index < -0.39 is 11.7 Å². The van der Waals surface area contributed by atoms with E-state index in [1.54, 1.807) is 12.3 Å². The number of nitrogens with zero attached hydrogens (tertiary/aromatic N) is 2. The summed E-state index contributed by atoms with van der Waals surface area (Å²) in [5, 5.41) is 0. The van der Waals surface area contributed by atoms with Crippen LogP contribution in [0.5, 0.6) is 0 Å². The Kier molecular flexibility index (Phi) is 3.09. The fourth-order valence-corrected chi connectivity index (χ4v) is 2.46. The van der Waals surface area contributed by atoms with Crippen molar-refractivity contribution in [3.05, 3.63) is 52.4 Å². The molecule has 108 valence electrons. The quantitative estimate of drug-likeness (QED) is 0.676. The third-order valence-electron chi connectivity index (χ3n) is 3.09. The molecule has 0 radical (unpaired) electrons. The van der Waals surface area contributed by atoms with Crippen LogP contribution >= 0.6 is 12.2 Å². The maximum atomic E-state index is 12.8. The number of aromatic nitrogens is 3. The molecule has 7 heteroatoms. The number of hydrogen-bond donors (Lipinski definition) is 1. The number of aromatic amines is 1. The van der Waals surface area contributed by atoms with Crippen LogP contribution in [0.25, 0.3) is 16.9 Å². The largest absolute Gasteiger partial charge is 0.416 e. The van der Waals surface area contributed by atoms with Crippen molar-refractivity contribution in [1.29, 1.82) is 0 Å². The van der Waals surface area contributed by atoms with Crippen LogP contribution in [0.3, 0.4) is 0 Å². The highest BCUT2D eigenvalue weighted by Gasteiger charge is 2.30. The second kappa shape index (κ2) is 4.70. The van der Waals surface area contributed by atoms with E-state index in [1.165, 1.54) is 10.6 Å². The van der Waals surface area contributed by atoms with Crippen LogP contribution in [-0.4, -0.2) is 14.5 Å². The summed E-state index contributed by atoms with van der Waals surface area (Å²) in [4.78, 5) is 7.21. The molecule has 0 spiro atoms. The van der Waals surface area contributed by atoms with Gasteiger partial charge in [0.05, 0.1) is 16.8 Å². The molecule has 0 atom stereocenters. The molecule has 0 bridgehead atoms. The first kappa shape index (κ1) is 13.8. The monoisotopic (exact) mass is 309 g/mol. The lowest BCUT2D eigenvalue weighted by atomic mass is 10.2. The Balaban J connectivity index is 2.26. The second-order valence-corrected chi connectivity index (χ2v) is 5.08. The number of alkyl halides is 3. The Hall–Kier alpha value is -2.15. The van der Waals surface area contributed by atoms with E-state index >= 15 is 0 Å². The molecule has 0 aliphatic rings. The molecule has 3 aromatic rings. The Bertz CT molecular complexity index is 877. The van der Waals surface area contributed by atoms with Crippen molar-refractivity contribution in [3.8, 4) is 5.69 Å². The van der Waals surface area contributed by atoms with Gasteiger partial charge in [-0.1, -0.05) is 6.07 Å². The molecule has 2 aromatic heterocycles. The molecule has 0 unspecified atom stereocenters. The highest BCUT2D eigenvalue weighted by Crippen LogP contribution is 2.31.